The van der Waals surface area contributed by atoms with Crippen LogP contribution < -0.4 is 9.47 Å². The van der Waals surface area contributed by atoms with E-state index in [0.717, 1.165) is 11.1 Å². The smallest absolute Gasteiger partial charge is 0.349 e. The molecule has 0 N–H and O–H groups in total. The lowest BCUT2D eigenvalue weighted by atomic mass is 10.0. The van der Waals surface area contributed by atoms with Crippen LogP contribution in [-0.4, -0.2) is 18.4 Å². The van der Waals surface area contributed by atoms with E-state index in [1.165, 1.54) is 0 Å². The minimum absolute atomic E-state index is 0.0696. The number of hydrogen-bond acceptors (Lipinski definition) is 4. The van der Waals surface area contributed by atoms with Crippen LogP contribution in [0.4, 0.5) is 0 Å². The second-order valence-corrected chi connectivity index (χ2v) is 6.64. The van der Waals surface area contributed by atoms with Crippen LogP contribution in [0.3, 0.4) is 0 Å². The highest BCUT2D eigenvalue weighted by atomic mass is 16.6. The Kier molecular flexibility index (Phi) is 5.90. The van der Waals surface area contributed by atoms with Gasteiger partial charge in [0.1, 0.15) is 11.5 Å². The van der Waals surface area contributed by atoms with Crippen molar-refractivity contribution < 1.29 is 19.1 Å². The van der Waals surface area contributed by atoms with Crippen molar-refractivity contribution in [1.82, 2.24) is 0 Å². The molecule has 0 heterocycles. The van der Waals surface area contributed by atoms with Gasteiger partial charge in [-0.1, -0.05) is 42.5 Å². The Morgan fingerprint density at radius 3 is 2.21 bits per heavy atom. The van der Waals surface area contributed by atoms with Gasteiger partial charge in [0.2, 0.25) is 0 Å². The fourth-order valence-electron chi connectivity index (χ4n) is 2.83. The molecule has 4 nitrogen and oxygen atoms in total. The number of carbonyl (C=O) groups is 2. The summed E-state index contributed by atoms with van der Waals surface area (Å²) >= 11 is 0. The average Bonchev–Trinajstić information content (AvgIpc) is 2.70. The molecule has 0 unspecified atom stereocenters. The molecular formula is C24H22O4. The van der Waals surface area contributed by atoms with E-state index in [1.807, 2.05) is 50.2 Å². The van der Waals surface area contributed by atoms with E-state index >= 15 is 0 Å². The zero-order valence-electron chi connectivity index (χ0n) is 16.2. The summed E-state index contributed by atoms with van der Waals surface area (Å²) in [6.45, 7) is 5.55. The van der Waals surface area contributed by atoms with E-state index in [-0.39, 0.29) is 12.4 Å². The molecule has 0 spiro atoms. The Balaban J connectivity index is 1.65. The number of aryl methyl sites for hydroxylation is 2. The normalized spacial score (nSPS) is 10.4. The molecule has 0 bridgehead atoms. The highest BCUT2D eigenvalue weighted by Crippen LogP contribution is 2.23. The van der Waals surface area contributed by atoms with E-state index < -0.39 is 5.97 Å². The van der Waals surface area contributed by atoms with Gasteiger partial charge < -0.3 is 9.47 Å². The maximum absolute atomic E-state index is 12.5. The second-order valence-electron chi connectivity index (χ2n) is 6.64. The maximum atomic E-state index is 12.5. The fraction of sp³-hybridized carbons (Fsp3) is 0.167. The largest absolute Gasteiger partial charge is 0.482 e. The number of esters is 1. The molecule has 0 aromatic heterocycles. The summed E-state index contributed by atoms with van der Waals surface area (Å²) in [5.74, 6) is 0.516. The summed E-state index contributed by atoms with van der Waals surface area (Å²) in [5.41, 5.74) is 3.97. The minimum atomic E-state index is -0.494. The molecule has 142 valence electrons. The molecule has 3 aromatic carbocycles. The number of hydrogen-bond donors (Lipinski definition) is 0. The molecule has 4 heteroatoms. The maximum Gasteiger partial charge on any atom is 0.349 e. The van der Waals surface area contributed by atoms with Gasteiger partial charge in [0.15, 0.2) is 12.4 Å². The highest BCUT2D eigenvalue weighted by molar-refractivity contribution is 6.09. The van der Waals surface area contributed by atoms with Crippen molar-refractivity contribution in [3.05, 3.63) is 94.5 Å². The number of ether oxygens (including phenoxy) is 2. The number of rotatable bonds is 6. The summed E-state index contributed by atoms with van der Waals surface area (Å²) in [7, 11) is 0. The molecular weight excluding hydrogens is 352 g/mol. The fourth-order valence-corrected chi connectivity index (χ4v) is 2.83. The first-order valence-corrected chi connectivity index (χ1v) is 9.06. The molecule has 28 heavy (non-hydrogen) atoms. The first-order valence-electron chi connectivity index (χ1n) is 9.06. The summed E-state index contributed by atoms with van der Waals surface area (Å²) in [5, 5.41) is 0. The molecule has 0 radical (unpaired) electrons. The number of carbonyl (C=O) groups excluding carboxylic acids is 2. The van der Waals surface area contributed by atoms with Crippen LogP contribution in [0.25, 0.3) is 0 Å². The topological polar surface area (TPSA) is 52.6 Å². The van der Waals surface area contributed by atoms with Gasteiger partial charge in [-0.2, -0.15) is 0 Å². The first-order chi connectivity index (χ1) is 13.5. The van der Waals surface area contributed by atoms with Gasteiger partial charge in [-0.05, 0) is 61.7 Å². The quantitative estimate of drug-likeness (QED) is 0.352. The first kappa shape index (κ1) is 19.4. The summed E-state index contributed by atoms with van der Waals surface area (Å²) in [6.07, 6.45) is 0. The Morgan fingerprint density at radius 1 is 0.750 bits per heavy atom. The molecule has 3 aromatic rings. The highest BCUT2D eigenvalue weighted by Gasteiger charge is 2.13. The van der Waals surface area contributed by atoms with Crippen molar-refractivity contribution in [2.75, 3.05) is 6.61 Å². The Bertz CT molecular complexity index is 1010. The Hall–Kier alpha value is -3.40. The van der Waals surface area contributed by atoms with E-state index in [1.54, 1.807) is 37.3 Å². The van der Waals surface area contributed by atoms with Crippen LogP contribution in [0.15, 0.2) is 66.7 Å². The SMILES string of the molecule is Cc1cc(C(=O)c2ccccc2)ccc1OC(=O)COc1cccc(C)c1C. The molecule has 0 amide bonds. The van der Waals surface area contributed by atoms with Crippen molar-refractivity contribution in [2.24, 2.45) is 0 Å². The van der Waals surface area contributed by atoms with Crippen LogP contribution in [-0.2, 0) is 4.79 Å². The van der Waals surface area contributed by atoms with Gasteiger partial charge in [0.25, 0.3) is 0 Å². The van der Waals surface area contributed by atoms with Crippen molar-refractivity contribution in [3.8, 4) is 11.5 Å². The molecule has 0 atom stereocenters. The van der Waals surface area contributed by atoms with Gasteiger partial charge >= 0.3 is 5.97 Å². The Morgan fingerprint density at radius 2 is 1.50 bits per heavy atom. The Labute approximate surface area is 164 Å². The third-order valence-electron chi connectivity index (χ3n) is 4.60. The molecule has 0 saturated heterocycles. The predicted molar refractivity (Wildman–Crippen MR) is 108 cm³/mol. The summed E-state index contributed by atoms with van der Waals surface area (Å²) < 4.78 is 11.0. The molecule has 0 aliphatic carbocycles. The lowest BCUT2D eigenvalue weighted by Gasteiger charge is -2.12. The van der Waals surface area contributed by atoms with Gasteiger partial charge in [-0.3, -0.25) is 4.79 Å². The van der Waals surface area contributed by atoms with E-state index in [9.17, 15) is 9.59 Å². The van der Waals surface area contributed by atoms with E-state index in [0.29, 0.717) is 28.2 Å². The third kappa shape index (κ3) is 4.46. The average molecular weight is 374 g/mol. The molecule has 3 rings (SSSR count). The van der Waals surface area contributed by atoms with Gasteiger partial charge in [-0.15, -0.1) is 0 Å². The van der Waals surface area contributed by atoms with Crippen LogP contribution in [0.2, 0.25) is 0 Å². The van der Waals surface area contributed by atoms with E-state index in [2.05, 4.69) is 0 Å². The van der Waals surface area contributed by atoms with Crippen molar-refractivity contribution in [1.29, 1.82) is 0 Å². The lowest BCUT2D eigenvalue weighted by Crippen LogP contribution is -2.18. The standard InChI is InChI=1S/C24H22O4/c1-16-8-7-11-22(18(16)3)27-15-23(25)28-21-13-12-20(14-17(21)2)24(26)19-9-5-4-6-10-19/h4-14H,15H2,1-3H3. The monoisotopic (exact) mass is 374 g/mol. The summed E-state index contributed by atoms with van der Waals surface area (Å²) in [4.78, 5) is 24.7. The minimum Gasteiger partial charge on any atom is -0.482 e. The zero-order chi connectivity index (χ0) is 20.1. The molecule has 0 aliphatic heterocycles. The molecule has 0 aliphatic rings. The van der Waals surface area contributed by atoms with Crippen molar-refractivity contribution in [3.63, 3.8) is 0 Å². The second kappa shape index (κ2) is 8.53. The lowest BCUT2D eigenvalue weighted by molar-refractivity contribution is -0.136. The van der Waals surface area contributed by atoms with Crippen LogP contribution >= 0.6 is 0 Å². The van der Waals surface area contributed by atoms with Gasteiger partial charge in [0.05, 0.1) is 0 Å². The van der Waals surface area contributed by atoms with Crippen molar-refractivity contribution in [2.45, 2.75) is 20.8 Å². The summed E-state index contributed by atoms with van der Waals surface area (Å²) in [6, 6.07) is 19.8. The predicted octanol–water partition coefficient (Wildman–Crippen LogP) is 4.83. The molecule has 0 fully saturated rings. The van der Waals surface area contributed by atoms with Crippen LogP contribution in [0.5, 0.6) is 11.5 Å². The van der Waals surface area contributed by atoms with Gasteiger partial charge in [-0.25, -0.2) is 4.79 Å². The zero-order valence-corrected chi connectivity index (χ0v) is 16.2. The number of benzene rings is 3. The van der Waals surface area contributed by atoms with Crippen LogP contribution in [0.1, 0.15) is 32.6 Å². The van der Waals surface area contributed by atoms with Gasteiger partial charge in [0, 0.05) is 11.1 Å². The van der Waals surface area contributed by atoms with Crippen molar-refractivity contribution >= 4 is 11.8 Å². The van der Waals surface area contributed by atoms with E-state index in [4.69, 9.17) is 9.47 Å². The molecule has 0 saturated carbocycles. The third-order valence-corrected chi connectivity index (χ3v) is 4.60. The van der Waals surface area contributed by atoms with Crippen LogP contribution in [0, 0.1) is 20.8 Å². The number of ketones is 1.